The van der Waals surface area contributed by atoms with Gasteiger partial charge >= 0.3 is 0 Å². The third-order valence-corrected chi connectivity index (χ3v) is 3.69. The Labute approximate surface area is 125 Å². The Morgan fingerprint density at radius 1 is 1.38 bits per heavy atom. The molecule has 116 valence electrons. The Hall–Kier alpha value is -1.66. The third kappa shape index (κ3) is 4.15. The number of carbonyl (C=O) groups excluding carboxylic acids is 1. The average Bonchev–Trinajstić information content (AvgIpc) is 2.53. The van der Waals surface area contributed by atoms with Crippen molar-refractivity contribution in [2.45, 2.75) is 13.3 Å². The molecule has 1 saturated heterocycles. The molecule has 1 amide bonds. The third-order valence-electron chi connectivity index (χ3n) is 3.69. The maximum atomic E-state index is 12.6. The molecule has 2 heterocycles. The molecule has 2 rings (SSSR count). The quantitative estimate of drug-likeness (QED) is 0.806. The van der Waals surface area contributed by atoms with Gasteiger partial charge < -0.3 is 15.3 Å². The molecule has 6 heteroatoms. The molecule has 0 saturated carbocycles. The van der Waals surface area contributed by atoms with Crippen LogP contribution in [0, 0.1) is 0 Å². The monoisotopic (exact) mass is 292 g/mol. The number of amides is 1. The van der Waals surface area contributed by atoms with Gasteiger partial charge in [0.15, 0.2) is 0 Å². The fourth-order valence-electron chi connectivity index (χ4n) is 2.47. The molecule has 6 nitrogen and oxygen atoms in total. The number of carbonyl (C=O) groups is 1. The highest BCUT2D eigenvalue weighted by molar-refractivity contribution is 5.99. The lowest BCUT2D eigenvalue weighted by molar-refractivity contribution is 0.0615. The van der Waals surface area contributed by atoms with Crippen molar-refractivity contribution >= 4 is 11.6 Å². The van der Waals surface area contributed by atoms with Crippen molar-refractivity contribution in [1.82, 2.24) is 14.8 Å². The van der Waals surface area contributed by atoms with E-state index in [9.17, 15) is 4.79 Å². The maximum Gasteiger partial charge on any atom is 0.257 e. The SMILES string of the molecule is CCCNc1ccncc1C(=O)N1CCN(CCO)CC1. The zero-order valence-electron chi connectivity index (χ0n) is 12.6. The Morgan fingerprint density at radius 2 is 2.14 bits per heavy atom. The van der Waals surface area contributed by atoms with Crippen molar-refractivity contribution in [2.24, 2.45) is 0 Å². The van der Waals surface area contributed by atoms with Gasteiger partial charge in [-0.2, -0.15) is 0 Å². The Bertz CT molecular complexity index is 459. The van der Waals surface area contributed by atoms with Crippen LogP contribution >= 0.6 is 0 Å². The number of aromatic nitrogens is 1. The van der Waals surface area contributed by atoms with Crippen LogP contribution in [-0.4, -0.2) is 71.7 Å². The number of aliphatic hydroxyl groups is 1. The van der Waals surface area contributed by atoms with Gasteiger partial charge in [0.05, 0.1) is 17.9 Å². The van der Waals surface area contributed by atoms with Crippen LogP contribution in [0.4, 0.5) is 5.69 Å². The molecule has 0 spiro atoms. The molecule has 0 aliphatic carbocycles. The number of β-amino-alcohol motifs (C(OH)–C–C–N with tert-alkyl or cyclic N) is 1. The molecule has 0 radical (unpaired) electrons. The Morgan fingerprint density at radius 3 is 2.81 bits per heavy atom. The lowest BCUT2D eigenvalue weighted by Crippen LogP contribution is -2.49. The summed E-state index contributed by atoms with van der Waals surface area (Å²) in [5.41, 5.74) is 1.50. The molecule has 21 heavy (non-hydrogen) atoms. The normalized spacial score (nSPS) is 16.0. The van der Waals surface area contributed by atoms with Gasteiger partial charge in [-0.25, -0.2) is 0 Å². The number of hydrogen-bond acceptors (Lipinski definition) is 5. The van der Waals surface area contributed by atoms with Crippen molar-refractivity contribution in [3.8, 4) is 0 Å². The van der Waals surface area contributed by atoms with E-state index in [2.05, 4.69) is 22.1 Å². The van der Waals surface area contributed by atoms with Crippen molar-refractivity contribution in [3.63, 3.8) is 0 Å². The molecule has 1 aliphatic heterocycles. The van der Waals surface area contributed by atoms with Crippen LogP contribution < -0.4 is 5.32 Å². The number of hydrogen-bond donors (Lipinski definition) is 2. The van der Waals surface area contributed by atoms with Crippen molar-refractivity contribution in [1.29, 1.82) is 0 Å². The number of nitrogens with zero attached hydrogens (tertiary/aromatic N) is 3. The van der Waals surface area contributed by atoms with Crippen LogP contribution in [0.3, 0.4) is 0 Å². The first-order valence-electron chi connectivity index (χ1n) is 7.56. The number of pyridine rings is 1. The van der Waals surface area contributed by atoms with Crippen molar-refractivity contribution in [2.75, 3.05) is 51.2 Å². The van der Waals surface area contributed by atoms with E-state index >= 15 is 0 Å². The van der Waals surface area contributed by atoms with Crippen molar-refractivity contribution in [3.05, 3.63) is 24.0 Å². The smallest absolute Gasteiger partial charge is 0.257 e. The highest BCUT2D eigenvalue weighted by Gasteiger charge is 2.23. The molecule has 0 atom stereocenters. The second kappa shape index (κ2) is 7.95. The highest BCUT2D eigenvalue weighted by Crippen LogP contribution is 2.17. The van der Waals surface area contributed by atoms with Gasteiger partial charge in [0, 0.05) is 51.7 Å². The van der Waals surface area contributed by atoms with Crippen LogP contribution in [0.25, 0.3) is 0 Å². The standard InChI is InChI=1S/C15H24N4O2/c1-2-4-17-14-3-5-16-12-13(14)15(21)19-8-6-18(7-9-19)10-11-20/h3,5,12,20H,2,4,6-11H2,1H3,(H,16,17). The summed E-state index contributed by atoms with van der Waals surface area (Å²) in [6.07, 6.45) is 4.35. The van der Waals surface area contributed by atoms with Crippen LogP contribution in [0.5, 0.6) is 0 Å². The summed E-state index contributed by atoms with van der Waals surface area (Å²) in [7, 11) is 0. The summed E-state index contributed by atoms with van der Waals surface area (Å²) in [5.74, 6) is 0.0327. The predicted molar refractivity (Wildman–Crippen MR) is 82.4 cm³/mol. The zero-order valence-corrected chi connectivity index (χ0v) is 12.6. The average molecular weight is 292 g/mol. The molecule has 1 aliphatic rings. The van der Waals surface area contributed by atoms with Gasteiger partial charge in [0.1, 0.15) is 0 Å². The zero-order chi connectivity index (χ0) is 15.1. The van der Waals surface area contributed by atoms with E-state index in [1.807, 2.05) is 11.0 Å². The number of rotatable bonds is 6. The molecular formula is C15H24N4O2. The Balaban J connectivity index is 2.00. The molecule has 1 aromatic rings. The minimum Gasteiger partial charge on any atom is -0.395 e. The molecule has 1 fully saturated rings. The maximum absolute atomic E-state index is 12.6. The van der Waals surface area contributed by atoms with Gasteiger partial charge in [-0.15, -0.1) is 0 Å². The first kappa shape index (κ1) is 15.7. The number of nitrogens with one attached hydrogen (secondary N) is 1. The second-order valence-electron chi connectivity index (χ2n) is 5.21. The summed E-state index contributed by atoms with van der Waals surface area (Å²) in [6.45, 7) is 6.79. The molecule has 0 aromatic carbocycles. The first-order valence-corrected chi connectivity index (χ1v) is 7.56. The Kier molecular flexibility index (Phi) is 5.95. The molecule has 2 N–H and O–H groups in total. The fourth-order valence-corrected chi connectivity index (χ4v) is 2.47. The summed E-state index contributed by atoms with van der Waals surface area (Å²) >= 11 is 0. The number of aliphatic hydroxyl groups excluding tert-OH is 1. The van der Waals surface area contributed by atoms with Crippen LogP contribution in [0.1, 0.15) is 23.7 Å². The van der Waals surface area contributed by atoms with Crippen molar-refractivity contribution < 1.29 is 9.90 Å². The summed E-state index contributed by atoms with van der Waals surface area (Å²) in [5, 5.41) is 12.2. The summed E-state index contributed by atoms with van der Waals surface area (Å²) < 4.78 is 0. The second-order valence-corrected chi connectivity index (χ2v) is 5.21. The fraction of sp³-hybridized carbons (Fsp3) is 0.600. The van der Waals surface area contributed by atoms with E-state index in [-0.39, 0.29) is 12.5 Å². The first-order chi connectivity index (χ1) is 10.3. The topological polar surface area (TPSA) is 68.7 Å². The van der Waals surface area contributed by atoms with E-state index in [1.54, 1.807) is 12.4 Å². The van der Waals surface area contributed by atoms with Crippen LogP contribution in [0.15, 0.2) is 18.5 Å². The van der Waals surface area contributed by atoms with Crippen LogP contribution in [-0.2, 0) is 0 Å². The molecule has 1 aromatic heterocycles. The minimum atomic E-state index is 0.0327. The van der Waals surface area contributed by atoms with E-state index in [4.69, 9.17) is 5.11 Å². The van der Waals surface area contributed by atoms with Gasteiger partial charge in [-0.05, 0) is 12.5 Å². The lowest BCUT2D eigenvalue weighted by Gasteiger charge is -2.34. The minimum absolute atomic E-state index is 0.0327. The summed E-state index contributed by atoms with van der Waals surface area (Å²) in [4.78, 5) is 20.7. The van der Waals surface area contributed by atoms with Gasteiger partial charge in [-0.1, -0.05) is 6.92 Å². The van der Waals surface area contributed by atoms with E-state index < -0.39 is 0 Å². The largest absolute Gasteiger partial charge is 0.395 e. The molecule has 0 unspecified atom stereocenters. The molecule has 0 bridgehead atoms. The van der Waals surface area contributed by atoms with E-state index in [0.717, 1.165) is 31.7 Å². The van der Waals surface area contributed by atoms with Crippen LogP contribution in [0.2, 0.25) is 0 Å². The molecular weight excluding hydrogens is 268 g/mol. The predicted octanol–water partition coefficient (Wildman–Crippen LogP) is 0.654. The van der Waals surface area contributed by atoms with Gasteiger partial charge in [-0.3, -0.25) is 14.7 Å². The number of anilines is 1. The van der Waals surface area contributed by atoms with Gasteiger partial charge in [0.25, 0.3) is 5.91 Å². The highest BCUT2D eigenvalue weighted by atomic mass is 16.3. The van der Waals surface area contributed by atoms with Gasteiger partial charge in [0.2, 0.25) is 0 Å². The number of piperazine rings is 1. The van der Waals surface area contributed by atoms with E-state index in [1.165, 1.54) is 0 Å². The van der Waals surface area contributed by atoms with E-state index in [0.29, 0.717) is 25.2 Å². The summed E-state index contributed by atoms with van der Waals surface area (Å²) in [6, 6.07) is 1.85. The lowest BCUT2D eigenvalue weighted by atomic mass is 10.2.